The van der Waals surface area contributed by atoms with Gasteiger partial charge < -0.3 is 10.2 Å². The highest BCUT2D eigenvalue weighted by molar-refractivity contribution is 6.09. The lowest BCUT2D eigenvalue weighted by Crippen LogP contribution is -2.34. The van der Waals surface area contributed by atoms with Crippen molar-refractivity contribution in [2.24, 2.45) is 9.98 Å². The van der Waals surface area contributed by atoms with E-state index in [2.05, 4.69) is 22.0 Å². The molecule has 0 saturated heterocycles. The van der Waals surface area contributed by atoms with E-state index in [9.17, 15) is 22.8 Å². The minimum atomic E-state index is -4.95. The highest BCUT2D eigenvalue weighted by atomic mass is 19.4. The zero-order valence-corrected chi connectivity index (χ0v) is 21.7. The molecule has 0 radical (unpaired) electrons. The van der Waals surface area contributed by atoms with Crippen LogP contribution in [-0.4, -0.2) is 40.8 Å². The van der Waals surface area contributed by atoms with Crippen molar-refractivity contribution in [2.75, 3.05) is 11.9 Å². The molecule has 11 heteroatoms. The predicted molar refractivity (Wildman–Crippen MR) is 145 cm³/mol. The van der Waals surface area contributed by atoms with E-state index in [4.69, 9.17) is 4.98 Å². The van der Waals surface area contributed by atoms with Crippen LogP contribution in [0.15, 0.2) is 70.8 Å². The number of halogens is 4. The minimum Gasteiger partial charge on any atom is -0.338 e. The summed E-state index contributed by atoms with van der Waals surface area (Å²) in [6.07, 6.45) is -1.76. The van der Waals surface area contributed by atoms with E-state index >= 15 is 4.39 Å². The fourth-order valence-corrected chi connectivity index (χ4v) is 4.35. The summed E-state index contributed by atoms with van der Waals surface area (Å²) in [6.45, 7) is 7.08. The summed E-state index contributed by atoms with van der Waals surface area (Å²) in [5.41, 5.74) is 0.131. The van der Waals surface area contributed by atoms with Gasteiger partial charge in [0, 0.05) is 49.5 Å². The maximum atomic E-state index is 15.0. The second kappa shape index (κ2) is 11.6. The zero-order chi connectivity index (χ0) is 29.0. The van der Waals surface area contributed by atoms with E-state index in [0.29, 0.717) is 29.8 Å². The van der Waals surface area contributed by atoms with Crippen LogP contribution < -0.4 is 5.32 Å². The van der Waals surface area contributed by atoms with Crippen LogP contribution >= 0.6 is 0 Å². The number of anilines is 1. The summed E-state index contributed by atoms with van der Waals surface area (Å²) in [4.78, 5) is 39.1. The molecule has 0 fully saturated rings. The second-order valence-electron chi connectivity index (χ2n) is 8.97. The highest BCUT2D eigenvalue weighted by Gasteiger charge is 2.36. The van der Waals surface area contributed by atoms with E-state index < -0.39 is 40.4 Å². The minimum absolute atomic E-state index is 0.117. The molecule has 4 rings (SSSR count). The third-order valence-electron chi connectivity index (χ3n) is 6.31. The number of allylic oxidation sites excluding steroid dienone is 1. The molecule has 1 aliphatic heterocycles. The number of carbonyl (C=O) groups is 2. The van der Waals surface area contributed by atoms with Gasteiger partial charge in [-0.3, -0.25) is 14.6 Å². The molecule has 0 aliphatic carbocycles. The Kier molecular flexibility index (Phi) is 8.22. The molecule has 1 N–H and O–H groups in total. The average molecular weight is 552 g/mol. The molecule has 2 heterocycles. The van der Waals surface area contributed by atoms with Crippen molar-refractivity contribution in [2.45, 2.75) is 33.0 Å². The monoisotopic (exact) mass is 551 g/mol. The number of nitrogens with one attached hydrogen (secondary N) is 1. The Hall–Kier alpha value is -4.67. The summed E-state index contributed by atoms with van der Waals surface area (Å²) >= 11 is 0. The molecule has 0 spiro atoms. The molecule has 206 valence electrons. The Balaban J connectivity index is 1.82. The lowest BCUT2D eigenvalue weighted by atomic mass is 9.99. The molecule has 2 amide bonds. The third-order valence-corrected chi connectivity index (χ3v) is 6.31. The van der Waals surface area contributed by atoms with Gasteiger partial charge in [0.25, 0.3) is 5.91 Å². The van der Waals surface area contributed by atoms with E-state index in [1.165, 1.54) is 19.2 Å². The predicted octanol–water partition coefficient (Wildman–Crippen LogP) is 6.04. The molecule has 0 unspecified atom stereocenters. The number of amides is 2. The van der Waals surface area contributed by atoms with E-state index in [1.54, 1.807) is 42.2 Å². The summed E-state index contributed by atoms with van der Waals surface area (Å²) in [5.74, 6) is -2.92. The molecular weight excluding hydrogens is 526 g/mol. The Bertz CT molecular complexity index is 1530. The maximum absolute atomic E-state index is 15.0. The van der Waals surface area contributed by atoms with Crippen LogP contribution in [0, 0.1) is 5.82 Å². The Morgan fingerprint density at radius 1 is 1.12 bits per heavy atom. The maximum Gasteiger partial charge on any atom is 0.417 e. The number of carbonyl (C=O) groups excluding carboxylic acids is 2. The molecule has 40 heavy (non-hydrogen) atoms. The first kappa shape index (κ1) is 28.3. The first-order valence-electron chi connectivity index (χ1n) is 12.2. The molecule has 0 bridgehead atoms. The number of aliphatic imine (C=N–C) groups is 2. The normalized spacial score (nSPS) is 13.8. The van der Waals surface area contributed by atoms with Crippen LogP contribution in [0.1, 0.15) is 46.6 Å². The molecule has 1 aliphatic rings. The van der Waals surface area contributed by atoms with Crippen molar-refractivity contribution in [1.82, 2.24) is 9.88 Å². The van der Waals surface area contributed by atoms with Crippen molar-refractivity contribution in [3.05, 3.63) is 94.6 Å². The molecule has 2 aromatic carbocycles. The molecule has 0 saturated carbocycles. The summed E-state index contributed by atoms with van der Waals surface area (Å²) in [7, 11) is 0. The summed E-state index contributed by atoms with van der Waals surface area (Å²) in [6, 6.07) is 11.6. The zero-order valence-electron chi connectivity index (χ0n) is 21.7. The van der Waals surface area contributed by atoms with Crippen molar-refractivity contribution < 1.29 is 27.2 Å². The molecular formula is C29H25F4N5O2. The number of hydrogen-bond donors (Lipinski definition) is 1. The molecule has 1 aromatic heterocycles. The third kappa shape index (κ3) is 5.98. The van der Waals surface area contributed by atoms with Crippen LogP contribution in [0.5, 0.6) is 0 Å². The van der Waals surface area contributed by atoms with Gasteiger partial charge in [0.2, 0.25) is 5.91 Å². The Morgan fingerprint density at radius 2 is 1.85 bits per heavy atom. The number of rotatable bonds is 5. The van der Waals surface area contributed by atoms with Gasteiger partial charge in [-0.15, -0.1) is 0 Å². The van der Waals surface area contributed by atoms with Gasteiger partial charge in [-0.2, -0.15) is 13.2 Å². The number of hydrogen-bond acceptors (Lipinski definition) is 4. The Morgan fingerprint density at radius 3 is 2.48 bits per heavy atom. The van der Waals surface area contributed by atoms with Gasteiger partial charge in [-0.05, 0) is 37.4 Å². The smallest absolute Gasteiger partial charge is 0.338 e. The first-order chi connectivity index (χ1) is 19.0. The summed E-state index contributed by atoms with van der Waals surface area (Å²) in [5, 5.41) is 2.62. The lowest BCUT2D eigenvalue weighted by Gasteiger charge is -2.28. The number of pyridine rings is 1. The standard InChI is InChI=1S/C29H25F4N5O2/c1-4-11-35-27(34-3)20-14-21(23(30)15-22(20)29(31,32)33)28(40)37-25-13-19-16-38(17(2)39)12-10-24(19)36-26(25)18-8-6-5-7-9-18/h4-9,11,13-15H,3,10,12,16H2,1-2H3,(H,37,40)/b11-4-,35-27?. The Labute approximate surface area is 228 Å². The first-order valence-corrected chi connectivity index (χ1v) is 12.2. The van der Waals surface area contributed by atoms with Crippen LogP contribution in [0.25, 0.3) is 11.3 Å². The van der Waals surface area contributed by atoms with Crippen LogP contribution in [0.2, 0.25) is 0 Å². The SMILES string of the molecule is C=NC(=N/C=C\C)c1cc(C(=O)Nc2cc3c(nc2-c2ccccc2)CCN(C(C)=O)C3)c(F)cc1C(F)(F)F. The van der Waals surface area contributed by atoms with Crippen molar-refractivity contribution in [3.8, 4) is 11.3 Å². The quantitative estimate of drug-likeness (QED) is 0.238. The second-order valence-corrected chi connectivity index (χ2v) is 8.97. The highest BCUT2D eigenvalue weighted by Crippen LogP contribution is 2.35. The fraction of sp³-hybridized carbons (Fsp3) is 0.207. The van der Waals surface area contributed by atoms with Gasteiger partial charge in [0.15, 0.2) is 5.84 Å². The molecule has 0 atom stereocenters. The fourth-order valence-electron chi connectivity index (χ4n) is 4.35. The van der Waals surface area contributed by atoms with Crippen molar-refractivity contribution in [3.63, 3.8) is 0 Å². The summed E-state index contributed by atoms with van der Waals surface area (Å²) < 4.78 is 56.4. The van der Waals surface area contributed by atoms with E-state index in [0.717, 1.165) is 11.8 Å². The number of aromatic nitrogens is 1. The van der Waals surface area contributed by atoms with Crippen LogP contribution in [-0.2, 0) is 23.9 Å². The van der Waals surface area contributed by atoms with Gasteiger partial charge in [-0.25, -0.2) is 14.4 Å². The van der Waals surface area contributed by atoms with E-state index in [-0.39, 0.29) is 24.2 Å². The van der Waals surface area contributed by atoms with Crippen molar-refractivity contribution in [1.29, 1.82) is 0 Å². The number of benzene rings is 2. The molecule has 7 nitrogen and oxygen atoms in total. The van der Waals surface area contributed by atoms with Crippen molar-refractivity contribution >= 4 is 30.1 Å². The average Bonchev–Trinajstić information content (AvgIpc) is 2.93. The lowest BCUT2D eigenvalue weighted by molar-refractivity contribution is -0.138. The number of alkyl halides is 3. The topological polar surface area (TPSA) is 87.0 Å². The van der Waals surface area contributed by atoms with Gasteiger partial charge in [0.1, 0.15) is 5.82 Å². The van der Waals surface area contributed by atoms with Gasteiger partial charge in [0.05, 0.1) is 22.5 Å². The molecule has 3 aromatic rings. The number of amidine groups is 1. The number of nitrogens with zero attached hydrogens (tertiary/aromatic N) is 4. The number of fused-ring (bicyclic) bond motifs is 1. The van der Waals surface area contributed by atoms with Crippen LogP contribution in [0.4, 0.5) is 23.2 Å². The van der Waals surface area contributed by atoms with Crippen LogP contribution in [0.3, 0.4) is 0 Å². The van der Waals surface area contributed by atoms with E-state index in [1.807, 2.05) is 6.07 Å². The van der Waals surface area contributed by atoms with Gasteiger partial charge in [-0.1, -0.05) is 36.4 Å². The largest absolute Gasteiger partial charge is 0.417 e. The van der Waals surface area contributed by atoms with Gasteiger partial charge >= 0.3 is 6.18 Å².